The highest BCUT2D eigenvalue weighted by Crippen LogP contribution is 2.33. The Kier molecular flexibility index (Phi) is 6.45. The van der Waals surface area contributed by atoms with Gasteiger partial charge < -0.3 is 14.6 Å². The molecule has 1 heterocycles. The van der Waals surface area contributed by atoms with Gasteiger partial charge >= 0.3 is 5.97 Å². The van der Waals surface area contributed by atoms with E-state index in [1.165, 1.54) is 18.2 Å². The Bertz CT molecular complexity index is 693. The van der Waals surface area contributed by atoms with Crippen LogP contribution in [0.5, 0.6) is 5.75 Å². The summed E-state index contributed by atoms with van der Waals surface area (Å²) < 4.78 is 37.3. The van der Waals surface area contributed by atoms with Gasteiger partial charge in [0.1, 0.15) is 16.7 Å². The number of nitrogens with zero attached hydrogens (tertiary/aromatic N) is 1. The van der Waals surface area contributed by atoms with Crippen molar-refractivity contribution in [3.63, 3.8) is 0 Å². The minimum Gasteiger partial charge on any atom is -0.492 e. The van der Waals surface area contributed by atoms with Crippen molar-refractivity contribution in [3.8, 4) is 5.75 Å². The van der Waals surface area contributed by atoms with Gasteiger partial charge in [-0.1, -0.05) is 11.6 Å². The van der Waals surface area contributed by atoms with Gasteiger partial charge in [-0.05, 0) is 31.0 Å². The number of carbonyl (C=O) groups is 1. The second-order valence-corrected chi connectivity index (χ2v) is 7.69. The van der Waals surface area contributed by atoms with Crippen LogP contribution in [0.1, 0.15) is 19.3 Å². The number of sulfonamides is 1. The van der Waals surface area contributed by atoms with Crippen LogP contribution in [0.3, 0.4) is 0 Å². The fourth-order valence-electron chi connectivity index (χ4n) is 2.59. The predicted molar refractivity (Wildman–Crippen MR) is 88.0 cm³/mol. The van der Waals surface area contributed by atoms with E-state index in [4.69, 9.17) is 21.1 Å². The zero-order chi connectivity index (χ0) is 17.7. The molecule has 134 valence electrons. The Morgan fingerprint density at radius 3 is 2.83 bits per heavy atom. The third-order valence-corrected chi connectivity index (χ3v) is 5.90. The van der Waals surface area contributed by atoms with Crippen molar-refractivity contribution in [3.05, 3.63) is 23.2 Å². The van der Waals surface area contributed by atoms with E-state index in [1.54, 1.807) is 7.11 Å². The number of rotatable bonds is 8. The second kappa shape index (κ2) is 8.15. The predicted octanol–water partition coefficient (Wildman–Crippen LogP) is 1.99. The molecule has 1 fully saturated rings. The Morgan fingerprint density at radius 1 is 1.42 bits per heavy atom. The smallest absolute Gasteiger partial charge is 0.322 e. The van der Waals surface area contributed by atoms with E-state index in [9.17, 15) is 18.3 Å². The van der Waals surface area contributed by atoms with Crippen LogP contribution >= 0.6 is 11.6 Å². The van der Waals surface area contributed by atoms with E-state index < -0.39 is 22.0 Å². The zero-order valence-corrected chi connectivity index (χ0v) is 14.8. The first-order valence-electron chi connectivity index (χ1n) is 7.54. The molecule has 2 rings (SSSR count). The lowest BCUT2D eigenvalue weighted by Crippen LogP contribution is -2.40. The highest BCUT2D eigenvalue weighted by molar-refractivity contribution is 7.89. The number of hydrogen-bond donors (Lipinski definition) is 1. The number of methoxy groups -OCH3 is 1. The molecule has 0 aromatic heterocycles. The van der Waals surface area contributed by atoms with Gasteiger partial charge in [0.25, 0.3) is 0 Å². The molecule has 0 spiro atoms. The maximum Gasteiger partial charge on any atom is 0.322 e. The van der Waals surface area contributed by atoms with Gasteiger partial charge in [-0.3, -0.25) is 4.79 Å². The molecule has 9 heteroatoms. The van der Waals surface area contributed by atoms with E-state index in [1.807, 2.05) is 0 Å². The number of benzene rings is 1. The molecule has 0 saturated carbocycles. The second-order valence-electron chi connectivity index (χ2n) is 5.40. The molecule has 0 radical (unpaired) electrons. The molecule has 0 amide bonds. The van der Waals surface area contributed by atoms with Crippen LogP contribution in [0, 0.1) is 0 Å². The Morgan fingerprint density at radius 2 is 2.17 bits per heavy atom. The van der Waals surface area contributed by atoms with Gasteiger partial charge in [0, 0.05) is 31.7 Å². The monoisotopic (exact) mass is 377 g/mol. The van der Waals surface area contributed by atoms with E-state index >= 15 is 0 Å². The number of hydrogen-bond acceptors (Lipinski definition) is 5. The summed E-state index contributed by atoms with van der Waals surface area (Å²) in [5.41, 5.74) is 0. The minimum absolute atomic E-state index is 0.111. The average molecular weight is 378 g/mol. The van der Waals surface area contributed by atoms with Crippen molar-refractivity contribution in [1.29, 1.82) is 0 Å². The maximum absolute atomic E-state index is 12.9. The largest absolute Gasteiger partial charge is 0.492 e. The summed E-state index contributed by atoms with van der Waals surface area (Å²) in [6, 6.07) is 3.24. The fourth-order valence-corrected chi connectivity index (χ4v) is 4.64. The summed E-state index contributed by atoms with van der Waals surface area (Å²) in [6.45, 7) is 0.929. The molecule has 24 heavy (non-hydrogen) atoms. The van der Waals surface area contributed by atoms with Crippen LogP contribution in [0.4, 0.5) is 0 Å². The summed E-state index contributed by atoms with van der Waals surface area (Å²) in [6.07, 6.45) is 1.39. The molecule has 0 bridgehead atoms. The molecule has 0 unspecified atom stereocenters. The lowest BCUT2D eigenvalue weighted by molar-refractivity contribution is -0.140. The fraction of sp³-hybridized carbons (Fsp3) is 0.533. The Labute approximate surface area is 146 Å². The van der Waals surface area contributed by atoms with Gasteiger partial charge in [0.2, 0.25) is 10.0 Å². The number of halogens is 1. The SMILES string of the molecule is COCCCOc1ccc(Cl)cc1S(=O)(=O)N1CCC[C@@H]1C(=O)O. The van der Waals surface area contributed by atoms with Crippen molar-refractivity contribution in [2.75, 3.05) is 26.9 Å². The van der Waals surface area contributed by atoms with Crippen molar-refractivity contribution in [1.82, 2.24) is 4.31 Å². The molecular formula is C15H20ClNO6S. The highest BCUT2D eigenvalue weighted by Gasteiger charge is 2.40. The first kappa shape index (κ1) is 19.0. The van der Waals surface area contributed by atoms with E-state index in [2.05, 4.69) is 0 Å². The Hall–Kier alpha value is -1.35. The van der Waals surface area contributed by atoms with E-state index in [-0.39, 0.29) is 28.8 Å². The number of ether oxygens (including phenoxy) is 2. The van der Waals surface area contributed by atoms with Gasteiger partial charge in [0.05, 0.1) is 6.61 Å². The standard InChI is InChI=1S/C15H20ClNO6S/c1-22-8-3-9-23-13-6-5-11(16)10-14(13)24(20,21)17-7-2-4-12(17)15(18)19/h5-6,10,12H,2-4,7-9H2,1H3,(H,18,19)/t12-/m1/s1. The third-order valence-electron chi connectivity index (χ3n) is 3.73. The zero-order valence-electron chi connectivity index (χ0n) is 13.3. The number of carboxylic acid groups (broad SMARTS) is 1. The average Bonchev–Trinajstić information content (AvgIpc) is 3.03. The van der Waals surface area contributed by atoms with Crippen molar-refractivity contribution in [2.24, 2.45) is 0 Å². The lowest BCUT2D eigenvalue weighted by atomic mass is 10.2. The van der Waals surface area contributed by atoms with Gasteiger partial charge in [-0.15, -0.1) is 0 Å². The van der Waals surface area contributed by atoms with Crippen molar-refractivity contribution < 1.29 is 27.8 Å². The summed E-state index contributed by atoms with van der Waals surface area (Å²) in [5.74, 6) is -0.993. The summed E-state index contributed by atoms with van der Waals surface area (Å²) in [4.78, 5) is 11.2. The maximum atomic E-state index is 12.9. The quantitative estimate of drug-likeness (QED) is 0.696. The molecular weight excluding hydrogens is 358 g/mol. The van der Waals surface area contributed by atoms with Crippen LogP contribution in [0.2, 0.25) is 5.02 Å². The van der Waals surface area contributed by atoms with Crippen LogP contribution in [0.15, 0.2) is 23.1 Å². The Balaban J connectivity index is 2.31. The third kappa shape index (κ3) is 4.18. The van der Waals surface area contributed by atoms with E-state index in [0.29, 0.717) is 25.9 Å². The molecule has 1 aliphatic heterocycles. The number of aliphatic carboxylic acids is 1. The van der Waals surface area contributed by atoms with Crippen molar-refractivity contribution >= 4 is 27.6 Å². The van der Waals surface area contributed by atoms with E-state index in [0.717, 1.165) is 4.31 Å². The summed E-state index contributed by atoms with van der Waals surface area (Å²) >= 11 is 5.94. The normalized spacial score (nSPS) is 18.7. The first-order valence-corrected chi connectivity index (χ1v) is 9.35. The molecule has 1 saturated heterocycles. The van der Waals surface area contributed by atoms with Crippen LogP contribution in [-0.4, -0.2) is 56.7 Å². The molecule has 1 aromatic carbocycles. The highest BCUT2D eigenvalue weighted by atomic mass is 35.5. The first-order chi connectivity index (χ1) is 11.4. The van der Waals surface area contributed by atoms with Crippen LogP contribution in [0.25, 0.3) is 0 Å². The summed E-state index contributed by atoms with van der Waals surface area (Å²) in [7, 11) is -2.45. The molecule has 1 aliphatic rings. The number of carboxylic acids is 1. The molecule has 1 atom stereocenters. The minimum atomic E-state index is -4.02. The molecule has 0 aliphatic carbocycles. The van der Waals surface area contributed by atoms with Crippen LogP contribution in [-0.2, 0) is 19.6 Å². The molecule has 1 N–H and O–H groups in total. The molecule has 1 aromatic rings. The topological polar surface area (TPSA) is 93.1 Å². The molecule has 7 nitrogen and oxygen atoms in total. The lowest BCUT2D eigenvalue weighted by Gasteiger charge is -2.22. The van der Waals surface area contributed by atoms with Crippen molar-refractivity contribution in [2.45, 2.75) is 30.2 Å². The van der Waals surface area contributed by atoms with Gasteiger partial charge in [-0.2, -0.15) is 4.31 Å². The van der Waals surface area contributed by atoms with Gasteiger partial charge in [-0.25, -0.2) is 8.42 Å². The van der Waals surface area contributed by atoms with Crippen LogP contribution < -0.4 is 4.74 Å². The summed E-state index contributed by atoms with van der Waals surface area (Å²) in [5, 5.41) is 9.48. The van der Waals surface area contributed by atoms with Gasteiger partial charge in [0.15, 0.2) is 0 Å².